The van der Waals surface area contributed by atoms with Crippen molar-refractivity contribution in [2.45, 2.75) is 20.4 Å². The van der Waals surface area contributed by atoms with Crippen molar-refractivity contribution in [2.24, 2.45) is 0 Å². The summed E-state index contributed by atoms with van der Waals surface area (Å²) in [6.45, 7) is 4.21. The first-order valence-corrected chi connectivity index (χ1v) is 10.7. The molecular formula is C19H23ClN2O4S. The number of anilines is 1. The van der Waals surface area contributed by atoms with Crippen LogP contribution >= 0.6 is 11.6 Å². The number of hydrogen-bond acceptors (Lipinski definition) is 4. The Hall–Kier alpha value is -2.25. The van der Waals surface area contributed by atoms with Gasteiger partial charge in [-0.3, -0.25) is 9.10 Å². The third kappa shape index (κ3) is 6.15. The third-order valence-corrected chi connectivity index (χ3v) is 5.38. The van der Waals surface area contributed by atoms with Gasteiger partial charge in [-0.25, -0.2) is 8.42 Å². The summed E-state index contributed by atoms with van der Waals surface area (Å²) in [6.07, 6.45) is 1.06. The van der Waals surface area contributed by atoms with Crippen LogP contribution in [0.5, 0.6) is 5.75 Å². The van der Waals surface area contributed by atoms with E-state index in [9.17, 15) is 13.2 Å². The maximum Gasteiger partial charge on any atom is 0.241 e. The molecule has 2 aromatic rings. The largest absolute Gasteiger partial charge is 0.494 e. The number of aryl methyl sites for hydroxylation is 1. The van der Waals surface area contributed by atoms with Crippen LogP contribution in [0.2, 0.25) is 5.02 Å². The van der Waals surface area contributed by atoms with E-state index in [1.54, 1.807) is 12.1 Å². The van der Waals surface area contributed by atoms with E-state index in [-0.39, 0.29) is 13.1 Å². The molecule has 0 fully saturated rings. The van der Waals surface area contributed by atoms with Gasteiger partial charge >= 0.3 is 0 Å². The van der Waals surface area contributed by atoms with Gasteiger partial charge in [0.05, 0.1) is 18.6 Å². The molecule has 0 bridgehead atoms. The van der Waals surface area contributed by atoms with Gasteiger partial charge < -0.3 is 10.1 Å². The maximum absolute atomic E-state index is 12.3. The predicted octanol–water partition coefficient (Wildman–Crippen LogP) is 3.13. The third-order valence-electron chi connectivity index (χ3n) is 3.83. The molecule has 27 heavy (non-hydrogen) atoms. The highest BCUT2D eigenvalue weighted by molar-refractivity contribution is 7.92. The highest BCUT2D eigenvalue weighted by Gasteiger charge is 2.21. The van der Waals surface area contributed by atoms with Crippen LogP contribution in [0.25, 0.3) is 0 Å². The van der Waals surface area contributed by atoms with Crippen molar-refractivity contribution in [3.05, 3.63) is 58.6 Å². The van der Waals surface area contributed by atoms with Crippen LogP contribution in [-0.2, 0) is 21.4 Å². The van der Waals surface area contributed by atoms with Gasteiger partial charge in [0.25, 0.3) is 0 Å². The Balaban J connectivity index is 2.08. The van der Waals surface area contributed by atoms with Crippen molar-refractivity contribution in [3.63, 3.8) is 0 Å². The first-order chi connectivity index (χ1) is 12.7. The molecule has 1 N–H and O–H groups in total. The van der Waals surface area contributed by atoms with E-state index in [2.05, 4.69) is 5.32 Å². The average Bonchev–Trinajstić information content (AvgIpc) is 2.60. The fourth-order valence-electron chi connectivity index (χ4n) is 2.44. The van der Waals surface area contributed by atoms with Crippen molar-refractivity contribution >= 4 is 33.2 Å². The molecule has 0 aromatic heterocycles. The van der Waals surface area contributed by atoms with Crippen LogP contribution in [0, 0.1) is 6.92 Å². The van der Waals surface area contributed by atoms with Crippen LogP contribution in [0.1, 0.15) is 18.1 Å². The van der Waals surface area contributed by atoms with Crippen molar-refractivity contribution in [1.82, 2.24) is 5.32 Å². The molecular weight excluding hydrogens is 388 g/mol. The zero-order valence-electron chi connectivity index (χ0n) is 15.5. The number of carbonyl (C=O) groups excluding carboxylic acids is 1. The zero-order valence-corrected chi connectivity index (χ0v) is 17.1. The van der Waals surface area contributed by atoms with E-state index in [1.165, 1.54) is 6.07 Å². The Morgan fingerprint density at radius 1 is 1.22 bits per heavy atom. The molecule has 2 rings (SSSR count). The van der Waals surface area contributed by atoms with Crippen molar-refractivity contribution in [3.8, 4) is 5.75 Å². The smallest absolute Gasteiger partial charge is 0.241 e. The number of rotatable bonds is 8. The molecule has 146 valence electrons. The van der Waals surface area contributed by atoms with E-state index in [4.69, 9.17) is 16.3 Å². The molecule has 6 nitrogen and oxygen atoms in total. The van der Waals surface area contributed by atoms with Gasteiger partial charge in [-0.1, -0.05) is 29.8 Å². The van der Waals surface area contributed by atoms with Gasteiger partial charge in [-0.2, -0.15) is 0 Å². The molecule has 0 radical (unpaired) electrons. The lowest BCUT2D eigenvalue weighted by Crippen LogP contribution is -2.40. The molecule has 0 heterocycles. The number of nitrogens with one attached hydrogen (secondary N) is 1. The quantitative estimate of drug-likeness (QED) is 0.725. The number of ether oxygens (including phenoxy) is 1. The van der Waals surface area contributed by atoms with Crippen molar-refractivity contribution < 1.29 is 17.9 Å². The van der Waals surface area contributed by atoms with E-state index < -0.39 is 15.9 Å². The van der Waals surface area contributed by atoms with E-state index >= 15 is 0 Å². The van der Waals surface area contributed by atoms with Gasteiger partial charge in [0, 0.05) is 11.6 Å². The molecule has 0 spiro atoms. The Morgan fingerprint density at radius 3 is 2.59 bits per heavy atom. The van der Waals surface area contributed by atoms with Gasteiger partial charge in [-0.15, -0.1) is 0 Å². The van der Waals surface area contributed by atoms with Crippen LogP contribution in [0.15, 0.2) is 42.5 Å². The number of hydrogen-bond donors (Lipinski definition) is 1. The molecule has 0 saturated heterocycles. The number of amides is 1. The minimum Gasteiger partial charge on any atom is -0.494 e. The van der Waals surface area contributed by atoms with Crippen LogP contribution < -0.4 is 14.4 Å². The second-order valence-electron chi connectivity index (χ2n) is 6.06. The van der Waals surface area contributed by atoms with Crippen molar-refractivity contribution in [2.75, 3.05) is 23.7 Å². The number of benzene rings is 2. The van der Waals surface area contributed by atoms with Crippen LogP contribution in [-0.4, -0.2) is 33.7 Å². The molecule has 0 atom stereocenters. The second kappa shape index (κ2) is 9.10. The summed E-state index contributed by atoms with van der Waals surface area (Å²) in [6, 6.07) is 12.2. The van der Waals surface area contributed by atoms with Gasteiger partial charge in [0.2, 0.25) is 15.9 Å². The Kier molecular flexibility index (Phi) is 7.10. The summed E-state index contributed by atoms with van der Waals surface area (Å²) < 4.78 is 30.7. The molecule has 0 unspecified atom stereocenters. The summed E-state index contributed by atoms with van der Waals surface area (Å²) >= 11 is 6.09. The molecule has 8 heteroatoms. The minimum absolute atomic E-state index is 0.270. The molecule has 0 aliphatic heterocycles. The van der Waals surface area contributed by atoms with Crippen LogP contribution in [0.4, 0.5) is 5.69 Å². The van der Waals surface area contributed by atoms with E-state index in [1.807, 2.05) is 38.1 Å². The van der Waals surface area contributed by atoms with E-state index in [0.29, 0.717) is 17.3 Å². The monoisotopic (exact) mass is 410 g/mol. The lowest BCUT2D eigenvalue weighted by Gasteiger charge is -2.22. The molecule has 0 saturated carbocycles. The SMILES string of the molecule is CCOc1cccc(CNC(=O)CN(c2ccc(C)c(Cl)c2)S(C)(=O)=O)c1. The summed E-state index contributed by atoms with van der Waals surface area (Å²) in [5.41, 5.74) is 2.03. The van der Waals surface area contributed by atoms with Crippen LogP contribution in [0.3, 0.4) is 0 Å². The summed E-state index contributed by atoms with van der Waals surface area (Å²) in [5, 5.41) is 3.17. The zero-order chi connectivity index (χ0) is 20.0. The van der Waals surface area contributed by atoms with Crippen molar-refractivity contribution in [1.29, 1.82) is 0 Å². The lowest BCUT2D eigenvalue weighted by molar-refractivity contribution is -0.119. The van der Waals surface area contributed by atoms with Gasteiger partial charge in [0.1, 0.15) is 12.3 Å². The standard InChI is InChI=1S/C19H23ClN2O4S/c1-4-26-17-7-5-6-15(10-17)12-21-19(23)13-22(27(3,24)25)16-9-8-14(2)18(20)11-16/h5-11H,4,12-13H2,1-3H3,(H,21,23). The highest BCUT2D eigenvalue weighted by atomic mass is 35.5. The highest BCUT2D eigenvalue weighted by Crippen LogP contribution is 2.24. The number of sulfonamides is 1. The van der Waals surface area contributed by atoms with E-state index in [0.717, 1.165) is 27.4 Å². The van der Waals surface area contributed by atoms with Gasteiger partial charge in [-0.05, 0) is 49.2 Å². The molecule has 1 amide bonds. The normalized spacial score (nSPS) is 11.1. The Labute approximate surface area is 165 Å². The fraction of sp³-hybridized carbons (Fsp3) is 0.316. The summed E-state index contributed by atoms with van der Waals surface area (Å²) in [7, 11) is -3.65. The summed E-state index contributed by atoms with van der Waals surface area (Å²) in [5.74, 6) is 0.301. The molecule has 0 aliphatic carbocycles. The first kappa shape index (κ1) is 21.1. The Bertz CT molecular complexity index is 916. The molecule has 2 aromatic carbocycles. The first-order valence-electron chi connectivity index (χ1n) is 8.43. The topological polar surface area (TPSA) is 75.7 Å². The number of halogens is 1. The predicted molar refractivity (Wildman–Crippen MR) is 108 cm³/mol. The molecule has 0 aliphatic rings. The number of carbonyl (C=O) groups is 1. The second-order valence-corrected chi connectivity index (χ2v) is 8.37. The Morgan fingerprint density at radius 2 is 1.96 bits per heavy atom. The van der Waals surface area contributed by atoms with Gasteiger partial charge in [0.15, 0.2) is 0 Å². The average molecular weight is 411 g/mol. The maximum atomic E-state index is 12.3. The lowest BCUT2D eigenvalue weighted by atomic mass is 10.2. The number of nitrogens with zero attached hydrogens (tertiary/aromatic N) is 1. The summed E-state index contributed by atoms with van der Waals surface area (Å²) in [4.78, 5) is 12.3. The minimum atomic E-state index is -3.65. The fourth-order valence-corrected chi connectivity index (χ4v) is 3.46.